The number of hydrogen-bond acceptors (Lipinski definition) is 5. The number of nitrogens with one attached hydrogen (secondary N) is 1. The Labute approximate surface area is 187 Å². The summed E-state index contributed by atoms with van der Waals surface area (Å²) in [6, 6.07) is 12.9. The van der Waals surface area contributed by atoms with Gasteiger partial charge in [-0.15, -0.1) is 0 Å². The minimum atomic E-state index is -3.43. The summed E-state index contributed by atoms with van der Waals surface area (Å²) in [5, 5.41) is 2.77. The lowest BCUT2D eigenvalue weighted by atomic mass is 9.87. The van der Waals surface area contributed by atoms with Crippen molar-refractivity contribution in [2.24, 2.45) is 0 Å². The van der Waals surface area contributed by atoms with E-state index in [1.165, 1.54) is 4.31 Å². The van der Waals surface area contributed by atoms with Crippen LogP contribution in [-0.2, 0) is 26.8 Å². The molecule has 168 valence electrons. The van der Waals surface area contributed by atoms with Crippen LogP contribution < -0.4 is 9.62 Å². The Morgan fingerprint density at radius 1 is 1.16 bits per heavy atom. The van der Waals surface area contributed by atoms with Gasteiger partial charge in [-0.25, -0.2) is 13.2 Å². The Bertz CT molecular complexity index is 1210. The maximum absolute atomic E-state index is 13.2. The van der Waals surface area contributed by atoms with Gasteiger partial charge < -0.3 is 5.32 Å². The van der Waals surface area contributed by atoms with Crippen molar-refractivity contribution in [3.63, 3.8) is 0 Å². The molecule has 2 heterocycles. The monoisotopic (exact) mass is 455 g/mol. The number of rotatable bonds is 6. The van der Waals surface area contributed by atoms with Crippen molar-refractivity contribution in [1.29, 1.82) is 0 Å². The van der Waals surface area contributed by atoms with Gasteiger partial charge in [0.15, 0.2) is 5.78 Å². The molecule has 0 unspecified atom stereocenters. The van der Waals surface area contributed by atoms with E-state index in [9.17, 15) is 22.8 Å². The number of ketones is 1. The number of hydrogen-bond donors (Lipinski definition) is 1. The van der Waals surface area contributed by atoms with Gasteiger partial charge in [0.05, 0.1) is 18.5 Å². The van der Waals surface area contributed by atoms with E-state index >= 15 is 0 Å². The molecule has 1 N–H and O–H groups in total. The van der Waals surface area contributed by atoms with E-state index < -0.39 is 27.5 Å². The predicted octanol–water partition coefficient (Wildman–Crippen LogP) is 2.44. The van der Waals surface area contributed by atoms with E-state index in [0.717, 1.165) is 16.7 Å². The normalized spacial score (nSPS) is 22.8. The number of urea groups is 1. The molecule has 32 heavy (non-hydrogen) atoms. The third-order valence-corrected chi connectivity index (χ3v) is 7.46. The number of carbonyl (C=O) groups is 3. The van der Waals surface area contributed by atoms with Crippen LogP contribution in [0.25, 0.3) is 0 Å². The first-order valence-corrected chi connectivity index (χ1v) is 12.3. The summed E-state index contributed by atoms with van der Waals surface area (Å²) >= 11 is 0. The highest BCUT2D eigenvalue weighted by molar-refractivity contribution is 7.92. The molecule has 2 aromatic rings. The molecule has 9 heteroatoms. The quantitative estimate of drug-likeness (QED) is 0.532. The summed E-state index contributed by atoms with van der Waals surface area (Å²) in [6.07, 6.45) is 1.99. The van der Waals surface area contributed by atoms with E-state index in [2.05, 4.69) is 5.32 Å². The highest BCUT2D eigenvalue weighted by Crippen LogP contribution is 2.35. The summed E-state index contributed by atoms with van der Waals surface area (Å²) < 4.78 is 25.6. The lowest BCUT2D eigenvalue weighted by Crippen LogP contribution is -2.43. The Morgan fingerprint density at radius 3 is 2.47 bits per heavy atom. The molecule has 0 saturated carbocycles. The zero-order valence-corrected chi connectivity index (χ0v) is 19.0. The molecule has 8 nitrogen and oxygen atoms in total. The van der Waals surface area contributed by atoms with E-state index in [-0.39, 0.29) is 18.4 Å². The number of carbonyl (C=O) groups excluding carboxylic acids is 3. The third kappa shape index (κ3) is 3.46. The smallest absolute Gasteiger partial charge is 0.319 e. The number of anilines is 1. The van der Waals surface area contributed by atoms with Crippen LogP contribution in [0.2, 0.25) is 0 Å². The Hall–Kier alpha value is -3.20. The van der Waals surface area contributed by atoms with Crippen molar-refractivity contribution in [3.05, 3.63) is 65.2 Å². The summed E-state index contributed by atoms with van der Waals surface area (Å²) in [4.78, 5) is 39.8. The molecule has 0 aromatic heterocycles. The fourth-order valence-corrected chi connectivity index (χ4v) is 5.91. The maximum Gasteiger partial charge on any atom is 0.325 e. The Balaban J connectivity index is 1.58. The first kappa shape index (κ1) is 22.0. The lowest BCUT2D eigenvalue weighted by Gasteiger charge is -2.25. The second-order valence-electron chi connectivity index (χ2n) is 8.32. The molecule has 0 aliphatic carbocycles. The second-order valence-corrected chi connectivity index (χ2v) is 10.2. The van der Waals surface area contributed by atoms with Gasteiger partial charge in [0.25, 0.3) is 5.91 Å². The van der Waals surface area contributed by atoms with Crippen LogP contribution in [0.1, 0.15) is 41.8 Å². The number of amides is 3. The van der Waals surface area contributed by atoms with Crippen LogP contribution in [0.5, 0.6) is 0 Å². The summed E-state index contributed by atoms with van der Waals surface area (Å²) in [6.45, 7) is 3.23. The van der Waals surface area contributed by atoms with Crippen LogP contribution in [0.3, 0.4) is 0 Å². The summed E-state index contributed by atoms with van der Waals surface area (Å²) in [5.74, 6) is -0.843. The minimum Gasteiger partial charge on any atom is -0.319 e. The summed E-state index contributed by atoms with van der Waals surface area (Å²) in [5.41, 5.74) is 1.12. The van der Waals surface area contributed by atoms with Gasteiger partial charge in [0.2, 0.25) is 10.0 Å². The number of nitrogens with zero attached hydrogens (tertiary/aromatic N) is 2. The standard InChI is InChI=1S/C23H25N3O5S/c1-4-23(18-8-6-5-7-9-18)21(28)25(22(29)24-23)14-20(27)16-10-11-19-17(13-16)12-15(2)26(19)32(3,30)31/h5-11,13,15H,4,12,14H2,1-3H3,(H,24,29)/t15-,23-/m1/s1. The van der Waals surface area contributed by atoms with E-state index in [1.807, 2.05) is 19.9 Å². The molecular weight excluding hydrogens is 430 g/mol. The van der Waals surface area contributed by atoms with Crippen molar-refractivity contribution in [2.75, 3.05) is 17.1 Å². The first-order chi connectivity index (χ1) is 15.1. The van der Waals surface area contributed by atoms with Gasteiger partial charge in [-0.2, -0.15) is 0 Å². The van der Waals surface area contributed by atoms with Crippen molar-refractivity contribution in [2.45, 2.75) is 38.3 Å². The highest BCUT2D eigenvalue weighted by Gasteiger charge is 2.51. The van der Waals surface area contributed by atoms with Crippen LogP contribution in [0.4, 0.5) is 10.5 Å². The Morgan fingerprint density at radius 2 is 1.84 bits per heavy atom. The van der Waals surface area contributed by atoms with Crippen molar-refractivity contribution < 1.29 is 22.8 Å². The molecule has 0 spiro atoms. The second kappa shape index (κ2) is 7.74. The minimum absolute atomic E-state index is 0.243. The largest absolute Gasteiger partial charge is 0.325 e. The SMILES string of the molecule is CC[C@]1(c2ccccc2)NC(=O)N(CC(=O)c2ccc3c(c2)C[C@@H](C)N3S(C)(=O)=O)C1=O. The Kier molecular flexibility index (Phi) is 5.32. The van der Waals surface area contributed by atoms with Crippen LogP contribution in [-0.4, -0.2) is 49.9 Å². The molecule has 1 fully saturated rings. The molecule has 2 aromatic carbocycles. The van der Waals surface area contributed by atoms with Gasteiger partial charge in [-0.05, 0) is 49.1 Å². The van der Waals surface area contributed by atoms with Crippen molar-refractivity contribution in [3.8, 4) is 0 Å². The number of benzene rings is 2. The van der Waals surface area contributed by atoms with E-state index in [4.69, 9.17) is 0 Å². The maximum atomic E-state index is 13.2. The van der Waals surface area contributed by atoms with Crippen LogP contribution in [0.15, 0.2) is 48.5 Å². The van der Waals surface area contributed by atoms with Gasteiger partial charge in [-0.3, -0.25) is 18.8 Å². The molecule has 2 atom stereocenters. The molecule has 1 saturated heterocycles. The van der Waals surface area contributed by atoms with Gasteiger partial charge in [0, 0.05) is 11.6 Å². The average Bonchev–Trinajstić information content (AvgIpc) is 3.22. The fraction of sp³-hybridized carbons (Fsp3) is 0.348. The third-order valence-electron chi connectivity index (χ3n) is 6.19. The molecular formula is C23H25N3O5S. The zero-order chi connectivity index (χ0) is 23.3. The van der Waals surface area contributed by atoms with Crippen molar-refractivity contribution >= 4 is 33.4 Å². The predicted molar refractivity (Wildman–Crippen MR) is 120 cm³/mol. The van der Waals surface area contributed by atoms with Crippen LogP contribution in [0, 0.1) is 0 Å². The molecule has 0 radical (unpaired) electrons. The molecule has 2 aliphatic rings. The van der Waals surface area contributed by atoms with Crippen LogP contribution >= 0.6 is 0 Å². The average molecular weight is 456 g/mol. The zero-order valence-electron chi connectivity index (χ0n) is 18.2. The van der Waals surface area contributed by atoms with Gasteiger partial charge in [-0.1, -0.05) is 37.3 Å². The van der Waals surface area contributed by atoms with E-state index in [1.54, 1.807) is 42.5 Å². The number of sulfonamides is 1. The van der Waals surface area contributed by atoms with E-state index in [0.29, 0.717) is 29.7 Å². The lowest BCUT2D eigenvalue weighted by molar-refractivity contribution is -0.131. The molecule has 0 bridgehead atoms. The number of fused-ring (bicyclic) bond motifs is 1. The van der Waals surface area contributed by atoms with Crippen molar-refractivity contribution in [1.82, 2.24) is 10.2 Å². The highest BCUT2D eigenvalue weighted by atomic mass is 32.2. The molecule has 2 aliphatic heterocycles. The topological polar surface area (TPSA) is 104 Å². The van der Waals surface area contributed by atoms with Gasteiger partial charge >= 0.3 is 6.03 Å². The molecule has 3 amide bonds. The fourth-order valence-electron chi connectivity index (χ4n) is 4.65. The number of imide groups is 1. The van der Waals surface area contributed by atoms with Gasteiger partial charge in [0.1, 0.15) is 5.54 Å². The number of Topliss-reactive ketones (excluding diaryl/α,β-unsaturated/α-hetero) is 1. The first-order valence-electron chi connectivity index (χ1n) is 10.4. The summed E-state index contributed by atoms with van der Waals surface area (Å²) in [7, 11) is -3.43. The molecule has 4 rings (SSSR count).